The first kappa shape index (κ1) is 10.6. The van der Waals surface area contributed by atoms with E-state index in [9.17, 15) is 0 Å². The summed E-state index contributed by atoms with van der Waals surface area (Å²) in [6.07, 6.45) is 1.09. The third-order valence-corrected chi connectivity index (χ3v) is 4.44. The standard InChI is InChI=1S/C9H12BrClS/c1-9(2,6-10)4-8-3-7(11)5-12-8/h3,5H,4,6H2,1-2H3. The fraction of sp³-hybridized carbons (Fsp3) is 0.556. The molecule has 0 N–H and O–H groups in total. The zero-order valence-electron chi connectivity index (χ0n) is 7.23. The molecule has 0 spiro atoms. The largest absolute Gasteiger partial charge is 0.147 e. The van der Waals surface area contributed by atoms with Gasteiger partial charge in [-0.1, -0.05) is 41.4 Å². The van der Waals surface area contributed by atoms with Gasteiger partial charge in [0.25, 0.3) is 0 Å². The van der Waals surface area contributed by atoms with E-state index in [1.807, 2.05) is 5.38 Å². The Morgan fingerprint density at radius 1 is 1.58 bits per heavy atom. The molecule has 0 aromatic carbocycles. The lowest BCUT2D eigenvalue weighted by Crippen LogP contribution is -2.15. The van der Waals surface area contributed by atoms with Gasteiger partial charge in [0.1, 0.15) is 0 Å². The minimum atomic E-state index is 0.328. The van der Waals surface area contributed by atoms with Crippen molar-refractivity contribution in [3.63, 3.8) is 0 Å². The van der Waals surface area contributed by atoms with Crippen LogP contribution >= 0.6 is 38.9 Å². The summed E-state index contributed by atoms with van der Waals surface area (Å²) >= 11 is 11.1. The van der Waals surface area contributed by atoms with Gasteiger partial charge in [0.15, 0.2) is 0 Å². The Hall–Kier alpha value is 0.470. The first-order valence-corrected chi connectivity index (χ1v) is 6.20. The lowest BCUT2D eigenvalue weighted by atomic mass is 9.91. The van der Waals surface area contributed by atoms with Crippen LogP contribution in [-0.2, 0) is 6.42 Å². The molecule has 0 atom stereocenters. The summed E-state index contributed by atoms with van der Waals surface area (Å²) in [4.78, 5) is 1.37. The van der Waals surface area contributed by atoms with Gasteiger partial charge in [-0.2, -0.15) is 0 Å². The molecule has 3 heteroatoms. The zero-order valence-corrected chi connectivity index (χ0v) is 10.4. The van der Waals surface area contributed by atoms with Crippen LogP contribution in [0.2, 0.25) is 5.02 Å². The van der Waals surface area contributed by atoms with E-state index in [0.717, 1.165) is 16.8 Å². The van der Waals surface area contributed by atoms with Crippen LogP contribution in [0.3, 0.4) is 0 Å². The molecular formula is C9H12BrClS. The monoisotopic (exact) mass is 266 g/mol. The van der Waals surface area contributed by atoms with Gasteiger partial charge >= 0.3 is 0 Å². The fourth-order valence-corrected chi connectivity index (χ4v) is 2.49. The molecule has 0 aliphatic rings. The minimum Gasteiger partial charge on any atom is -0.147 e. The van der Waals surface area contributed by atoms with Crippen molar-refractivity contribution in [2.75, 3.05) is 5.33 Å². The molecule has 0 radical (unpaired) electrons. The van der Waals surface area contributed by atoms with E-state index in [0.29, 0.717) is 5.41 Å². The summed E-state index contributed by atoms with van der Waals surface area (Å²) in [6, 6.07) is 2.05. The molecule has 0 amide bonds. The number of thiophene rings is 1. The normalized spacial score (nSPS) is 12.0. The lowest BCUT2D eigenvalue weighted by Gasteiger charge is -2.19. The molecule has 0 unspecified atom stereocenters. The van der Waals surface area contributed by atoms with E-state index < -0.39 is 0 Å². The van der Waals surface area contributed by atoms with Crippen molar-refractivity contribution in [2.45, 2.75) is 20.3 Å². The van der Waals surface area contributed by atoms with E-state index in [4.69, 9.17) is 11.6 Å². The first-order chi connectivity index (χ1) is 5.53. The minimum absolute atomic E-state index is 0.328. The topological polar surface area (TPSA) is 0 Å². The van der Waals surface area contributed by atoms with Crippen molar-refractivity contribution in [1.82, 2.24) is 0 Å². The Labute approximate surface area is 91.1 Å². The quantitative estimate of drug-likeness (QED) is 0.714. The summed E-state index contributed by atoms with van der Waals surface area (Å²) in [5.41, 5.74) is 0.328. The average molecular weight is 268 g/mol. The van der Waals surface area contributed by atoms with E-state index in [1.54, 1.807) is 11.3 Å². The maximum Gasteiger partial charge on any atom is 0.0515 e. The maximum atomic E-state index is 5.83. The Balaban J connectivity index is 2.63. The summed E-state index contributed by atoms with van der Waals surface area (Å²) in [6.45, 7) is 4.49. The van der Waals surface area contributed by atoms with Gasteiger partial charge in [0.05, 0.1) is 5.02 Å². The third-order valence-electron chi connectivity index (χ3n) is 1.64. The Morgan fingerprint density at radius 3 is 2.67 bits per heavy atom. The highest BCUT2D eigenvalue weighted by Gasteiger charge is 2.17. The van der Waals surface area contributed by atoms with E-state index in [1.165, 1.54) is 4.88 Å². The van der Waals surface area contributed by atoms with Gasteiger partial charge in [-0.05, 0) is 17.9 Å². The number of hydrogen-bond donors (Lipinski definition) is 0. The summed E-state index contributed by atoms with van der Waals surface area (Å²) in [7, 11) is 0. The van der Waals surface area contributed by atoms with Crippen LogP contribution in [0.1, 0.15) is 18.7 Å². The van der Waals surface area contributed by atoms with Crippen LogP contribution in [0, 0.1) is 5.41 Å². The predicted octanol–water partition coefficient (Wildman–Crippen LogP) is 4.37. The smallest absolute Gasteiger partial charge is 0.0515 e. The number of rotatable bonds is 3. The molecular weight excluding hydrogens is 256 g/mol. The number of alkyl halides is 1. The van der Waals surface area contributed by atoms with Crippen molar-refractivity contribution < 1.29 is 0 Å². The molecule has 0 saturated carbocycles. The van der Waals surface area contributed by atoms with E-state index in [2.05, 4.69) is 35.8 Å². The SMILES string of the molecule is CC(C)(CBr)Cc1cc(Cl)cs1. The summed E-state index contributed by atoms with van der Waals surface area (Å²) in [5, 5.41) is 3.87. The lowest BCUT2D eigenvalue weighted by molar-refractivity contribution is 0.428. The second kappa shape index (κ2) is 4.12. The molecule has 0 bridgehead atoms. The molecule has 1 heterocycles. The van der Waals surface area contributed by atoms with Crippen molar-refractivity contribution in [1.29, 1.82) is 0 Å². The van der Waals surface area contributed by atoms with Crippen LogP contribution < -0.4 is 0 Å². The van der Waals surface area contributed by atoms with Gasteiger partial charge in [-0.3, -0.25) is 0 Å². The van der Waals surface area contributed by atoms with Gasteiger partial charge in [-0.15, -0.1) is 11.3 Å². The molecule has 0 nitrogen and oxygen atoms in total. The van der Waals surface area contributed by atoms with E-state index in [-0.39, 0.29) is 0 Å². The zero-order chi connectivity index (χ0) is 9.19. The van der Waals surface area contributed by atoms with Crippen LogP contribution in [0.25, 0.3) is 0 Å². The van der Waals surface area contributed by atoms with E-state index >= 15 is 0 Å². The highest BCUT2D eigenvalue weighted by molar-refractivity contribution is 9.09. The van der Waals surface area contributed by atoms with Crippen LogP contribution in [0.5, 0.6) is 0 Å². The highest BCUT2D eigenvalue weighted by atomic mass is 79.9. The summed E-state index contributed by atoms with van der Waals surface area (Å²) < 4.78 is 0. The molecule has 1 aromatic rings. The van der Waals surface area contributed by atoms with Gasteiger partial charge in [0, 0.05) is 15.6 Å². The Morgan fingerprint density at radius 2 is 2.25 bits per heavy atom. The first-order valence-electron chi connectivity index (χ1n) is 3.82. The summed E-state index contributed by atoms with van der Waals surface area (Å²) in [5.74, 6) is 0. The van der Waals surface area contributed by atoms with Crippen LogP contribution in [0.4, 0.5) is 0 Å². The molecule has 1 aromatic heterocycles. The van der Waals surface area contributed by atoms with Gasteiger partial charge in [-0.25, -0.2) is 0 Å². The Bertz CT molecular complexity index is 255. The Kier molecular flexibility index (Phi) is 3.62. The van der Waals surface area contributed by atoms with Crippen LogP contribution in [-0.4, -0.2) is 5.33 Å². The molecule has 0 saturated heterocycles. The fourth-order valence-electron chi connectivity index (χ4n) is 0.965. The average Bonchev–Trinajstić information content (AvgIpc) is 2.35. The second-order valence-corrected chi connectivity index (χ2v) is 5.70. The van der Waals surface area contributed by atoms with Crippen molar-refractivity contribution >= 4 is 38.9 Å². The maximum absolute atomic E-state index is 5.83. The molecule has 0 aliphatic carbocycles. The van der Waals surface area contributed by atoms with Crippen molar-refractivity contribution in [3.05, 3.63) is 21.3 Å². The van der Waals surface area contributed by atoms with Gasteiger partial charge in [0.2, 0.25) is 0 Å². The molecule has 0 aliphatic heterocycles. The highest BCUT2D eigenvalue weighted by Crippen LogP contribution is 2.28. The molecule has 0 fully saturated rings. The molecule has 1 rings (SSSR count). The molecule has 68 valence electrons. The number of hydrogen-bond acceptors (Lipinski definition) is 1. The third kappa shape index (κ3) is 3.08. The van der Waals surface area contributed by atoms with Crippen molar-refractivity contribution in [2.24, 2.45) is 5.41 Å². The van der Waals surface area contributed by atoms with Crippen molar-refractivity contribution in [3.8, 4) is 0 Å². The second-order valence-electron chi connectivity index (χ2n) is 3.71. The molecule has 12 heavy (non-hydrogen) atoms. The predicted molar refractivity (Wildman–Crippen MR) is 60.6 cm³/mol. The number of halogens is 2. The van der Waals surface area contributed by atoms with Crippen LogP contribution in [0.15, 0.2) is 11.4 Å². The van der Waals surface area contributed by atoms with Gasteiger partial charge < -0.3 is 0 Å².